The van der Waals surface area contributed by atoms with Crippen molar-refractivity contribution < 1.29 is 9.59 Å². The molecule has 0 aliphatic heterocycles. The van der Waals surface area contributed by atoms with E-state index >= 15 is 0 Å². The number of hydrogen-bond acceptors (Lipinski definition) is 2. The van der Waals surface area contributed by atoms with E-state index in [0.717, 1.165) is 5.57 Å². The third kappa shape index (κ3) is 5.08. The zero-order valence-corrected chi connectivity index (χ0v) is 6.68. The van der Waals surface area contributed by atoms with Crippen LogP contribution in [0.25, 0.3) is 0 Å². The predicted molar refractivity (Wildman–Crippen MR) is 42.8 cm³/mol. The van der Waals surface area contributed by atoms with Crippen molar-refractivity contribution in [3.05, 3.63) is 24.3 Å². The van der Waals surface area contributed by atoms with Gasteiger partial charge in [0.05, 0.1) is 0 Å². The largest absolute Gasteiger partial charge is 0.293 e. The Morgan fingerprint density at radius 1 is 1.36 bits per heavy atom. The lowest BCUT2D eigenvalue weighted by atomic mass is 10.3. The molecule has 0 aliphatic rings. The second kappa shape index (κ2) is 4.44. The fourth-order valence-corrected chi connectivity index (χ4v) is 0.475. The molecule has 0 radical (unpaired) electrons. The lowest BCUT2D eigenvalue weighted by Crippen LogP contribution is -2.26. The average molecular weight is 153 g/mol. The maximum atomic E-state index is 10.8. The molecule has 0 saturated heterocycles. The molecule has 0 spiro atoms. The summed E-state index contributed by atoms with van der Waals surface area (Å²) in [6, 6.07) is 0. The summed E-state index contributed by atoms with van der Waals surface area (Å²) >= 11 is 0. The minimum atomic E-state index is -0.407. The third-order valence-electron chi connectivity index (χ3n) is 0.980. The van der Waals surface area contributed by atoms with Crippen LogP contribution in [0.1, 0.15) is 13.8 Å². The molecule has 2 amide bonds. The van der Waals surface area contributed by atoms with Crippen molar-refractivity contribution in [2.75, 3.05) is 0 Å². The molecule has 0 aliphatic carbocycles. The molecule has 11 heavy (non-hydrogen) atoms. The summed E-state index contributed by atoms with van der Waals surface area (Å²) in [6.45, 7) is 6.48. The Morgan fingerprint density at radius 2 is 1.91 bits per heavy atom. The van der Waals surface area contributed by atoms with Crippen LogP contribution in [-0.2, 0) is 9.59 Å². The first-order chi connectivity index (χ1) is 5.06. The summed E-state index contributed by atoms with van der Waals surface area (Å²) in [4.78, 5) is 21.1. The molecule has 0 rings (SSSR count). The molecule has 0 bridgehead atoms. The molecule has 0 saturated carbocycles. The predicted octanol–water partition coefficient (Wildman–Crippen LogP) is 0.781. The highest BCUT2D eigenvalue weighted by atomic mass is 16.2. The maximum absolute atomic E-state index is 10.8. The summed E-state index contributed by atoms with van der Waals surface area (Å²) in [5.74, 6) is -0.766. The fraction of sp³-hybridized carbons (Fsp3) is 0.250. The smallest absolute Gasteiger partial charge is 0.250 e. The van der Waals surface area contributed by atoms with E-state index in [9.17, 15) is 9.59 Å². The molecule has 0 unspecified atom stereocenters. The van der Waals surface area contributed by atoms with Gasteiger partial charge in [-0.15, -0.1) is 0 Å². The van der Waals surface area contributed by atoms with Crippen molar-refractivity contribution in [2.24, 2.45) is 0 Å². The number of imide groups is 1. The van der Waals surface area contributed by atoms with E-state index in [-0.39, 0.29) is 5.91 Å². The highest BCUT2D eigenvalue weighted by Crippen LogP contribution is 1.90. The van der Waals surface area contributed by atoms with Crippen LogP contribution < -0.4 is 5.32 Å². The van der Waals surface area contributed by atoms with Crippen molar-refractivity contribution in [2.45, 2.75) is 13.8 Å². The van der Waals surface area contributed by atoms with Crippen LogP contribution in [0.4, 0.5) is 0 Å². The molecule has 1 N–H and O–H groups in total. The monoisotopic (exact) mass is 153 g/mol. The number of allylic oxidation sites excluding steroid dienone is 2. The van der Waals surface area contributed by atoms with Crippen LogP contribution in [0.3, 0.4) is 0 Å². The van der Waals surface area contributed by atoms with E-state index in [4.69, 9.17) is 0 Å². The second-order valence-electron chi connectivity index (χ2n) is 2.14. The first-order valence-electron chi connectivity index (χ1n) is 3.18. The molecule has 3 nitrogen and oxygen atoms in total. The summed E-state index contributed by atoms with van der Waals surface area (Å²) in [5, 5.41) is 2.11. The standard InChI is InChI=1S/C8H11NO2/c1-4-6(2)5-8(11)9-7(3)10/h4-5H,1H2,2-3H3,(H,9,10,11)/b6-5-. The first-order valence-corrected chi connectivity index (χ1v) is 3.18. The molecule has 0 fully saturated rings. The van der Waals surface area contributed by atoms with Crippen molar-refractivity contribution in [1.82, 2.24) is 5.32 Å². The van der Waals surface area contributed by atoms with Crippen LogP contribution in [0.15, 0.2) is 24.3 Å². The van der Waals surface area contributed by atoms with Crippen molar-refractivity contribution >= 4 is 11.8 Å². The van der Waals surface area contributed by atoms with Gasteiger partial charge < -0.3 is 0 Å². The Bertz CT molecular complexity index is 216. The highest BCUT2D eigenvalue weighted by Gasteiger charge is 1.97. The molecule has 0 heterocycles. The lowest BCUT2D eigenvalue weighted by Gasteiger charge is -1.94. The van der Waals surface area contributed by atoms with Gasteiger partial charge in [-0.3, -0.25) is 14.9 Å². The topological polar surface area (TPSA) is 46.2 Å². The lowest BCUT2D eigenvalue weighted by molar-refractivity contribution is -0.126. The Hall–Kier alpha value is -1.38. The quantitative estimate of drug-likeness (QED) is 0.470. The Morgan fingerprint density at radius 3 is 2.27 bits per heavy atom. The van der Waals surface area contributed by atoms with Gasteiger partial charge in [-0.1, -0.05) is 12.7 Å². The summed E-state index contributed by atoms with van der Waals surface area (Å²) in [6.07, 6.45) is 2.86. The van der Waals surface area contributed by atoms with Gasteiger partial charge in [0, 0.05) is 13.0 Å². The van der Waals surface area contributed by atoms with Gasteiger partial charge in [0.15, 0.2) is 0 Å². The summed E-state index contributed by atoms with van der Waals surface area (Å²) in [5.41, 5.74) is 0.726. The third-order valence-corrected chi connectivity index (χ3v) is 0.980. The van der Waals surface area contributed by atoms with E-state index in [1.54, 1.807) is 13.0 Å². The highest BCUT2D eigenvalue weighted by molar-refractivity contribution is 6.00. The molecule has 0 aromatic heterocycles. The zero-order chi connectivity index (χ0) is 8.85. The van der Waals surface area contributed by atoms with E-state index in [1.807, 2.05) is 0 Å². The Labute approximate surface area is 65.8 Å². The van der Waals surface area contributed by atoms with Gasteiger partial charge in [0.25, 0.3) is 5.91 Å². The van der Waals surface area contributed by atoms with Gasteiger partial charge in [0.2, 0.25) is 5.91 Å². The van der Waals surface area contributed by atoms with E-state index < -0.39 is 5.91 Å². The van der Waals surface area contributed by atoms with E-state index in [2.05, 4.69) is 11.9 Å². The number of rotatable bonds is 2. The van der Waals surface area contributed by atoms with Gasteiger partial charge in [-0.05, 0) is 12.5 Å². The van der Waals surface area contributed by atoms with Crippen molar-refractivity contribution in [3.8, 4) is 0 Å². The summed E-state index contributed by atoms with van der Waals surface area (Å²) in [7, 11) is 0. The minimum absolute atomic E-state index is 0.358. The Kier molecular flexibility index (Phi) is 3.88. The minimum Gasteiger partial charge on any atom is -0.293 e. The molecule has 3 heteroatoms. The zero-order valence-electron chi connectivity index (χ0n) is 6.68. The molecular weight excluding hydrogens is 142 g/mol. The van der Waals surface area contributed by atoms with Gasteiger partial charge in [-0.25, -0.2) is 0 Å². The van der Waals surface area contributed by atoms with Gasteiger partial charge >= 0.3 is 0 Å². The van der Waals surface area contributed by atoms with E-state index in [0.29, 0.717) is 0 Å². The van der Waals surface area contributed by atoms with Gasteiger partial charge in [0.1, 0.15) is 0 Å². The summed E-state index contributed by atoms with van der Waals surface area (Å²) < 4.78 is 0. The van der Waals surface area contributed by atoms with Crippen molar-refractivity contribution in [3.63, 3.8) is 0 Å². The molecule has 0 aromatic carbocycles. The number of hydrogen-bond donors (Lipinski definition) is 1. The number of nitrogens with one attached hydrogen (secondary N) is 1. The van der Waals surface area contributed by atoms with Crippen molar-refractivity contribution in [1.29, 1.82) is 0 Å². The number of amides is 2. The normalized spacial score (nSPS) is 10.5. The van der Waals surface area contributed by atoms with Crippen LogP contribution >= 0.6 is 0 Å². The van der Waals surface area contributed by atoms with Crippen LogP contribution in [0.2, 0.25) is 0 Å². The Balaban J connectivity index is 4.07. The average Bonchev–Trinajstić information content (AvgIpc) is 1.85. The molecular formula is C8H11NO2. The van der Waals surface area contributed by atoms with Gasteiger partial charge in [-0.2, -0.15) is 0 Å². The first kappa shape index (κ1) is 9.62. The molecule has 0 aromatic rings. The number of carbonyl (C=O) groups excluding carboxylic acids is 2. The SMILES string of the molecule is C=C/C(C)=C\C(=O)NC(C)=O. The van der Waals surface area contributed by atoms with Crippen LogP contribution in [-0.4, -0.2) is 11.8 Å². The fourth-order valence-electron chi connectivity index (χ4n) is 0.475. The maximum Gasteiger partial charge on any atom is 0.250 e. The molecule has 60 valence electrons. The van der Waals surface area contributed by atoms with E-state index in [1.165, 1.54) is 13.0 Å². The second-order valence-corrected chi connectivity index (χ2v) is 2.14. The molecule has 0 atom stereocenters. The van der Waals surface area contributed by atoms with Crippen LogP contribution in [0.5, 0.6) is 0 Å². The number of carbonyl (C=O) groups is 2. The van der Waals surface area contributed by atoms with Crippen LogP contribution in [0, 0.1) is 0 Å².